The van der Waals surface area contributed by atoms with E-state index >= 15 is 0 Å². The summed E-state index contributed by atoms with van der Waals surface area (Å²) >= 11 is 0. The summed E-state index contributed by atoms with van der Waals surface area (Å²) < 4.78 is 37.8. The van der Waals surface area contributed by atoms with E-state index in [2.05, 4.69) is 10.3 Å². The van der Waals surface area contributed by atoms with Gasteiger partial charge in [-0.05, 0) is 25.6 Å². The van der Waals surface area contributed by atoms with E-state index in [9.17, 15) is 23.1 Å². The maximum Gasteiger partial charge on any atom is 0.433 e. The van der Waals surface area contributed by atoms with Crippen LogP contribution < -0.4 is 5.32 Å². The number of carbonyl (C=O) groups is 1. The average molecular weight is 314 g/mol. The Morgan fingerprint density at radius 1 is 1.55 bits per heavy atom. The molecule has 9 heteroatoms. The van der Waals surface area contributed by atoms with Crippen LogP contribution in [0.15, 0.2) is 12.1 Å². The van der Waals surface area contributed by atoms with Gasteiger partial charge in [0.1, 0.15) is 5.69 Å². The molecule has 1 aliphatic rings. The van der Waals surface area contributed by atoms with Gasteiger partial charge in [0, 0.05) is 6.54 Å². The van der Waals surface area contributed by atoms with Crippen LogP contribution in [0, 0.1) is 17.2 Å². The number of anilines is 1. The Morgan fingerprint density at radius 2 is 2.23 bits per heavy atom. The molecule has 0 spiro atoms. The summed E-state index contributed by atoms with van der Waals surface area (Å²) in [6.45, 7) is 0.309. The lowest BCUT2D eigenvalue weighted by molar-refractivity contribution is -0.141. The Kier molecular flexibility index (Phi) is 4.23. The third-order valence-corrected chi connectivity index (χ3v) is 3.47. The van der Waals surface area contributed by atoms with Crippen molar-refractivity contribution in [3.63, 3.8) is 0 Å². The van der Waals surface area contributed by atoms with Gasteiger partial charge >= 0.3 is 6.18 Å². The molecule has 2 heterocycles. The molecule has 0 saturated carbocycles. The molecule has 2 N–H and O–H groups in total. The average Bonchev–Trinajstić information content (AvgIpc) is 2.81. The van der Waals surface area contributed by atoms with E-state index in [1.54, 1.807) is 11.9 Å². The molecule has 0 aliphatic carbocycles. The van der Waals surface area contributed by atoms with Crippen molar-refractivity contribution in [1.29, 1.82) is 5.26 Å². The van der Waals surface area contributed by atoms with Crippen LogP contribution in [0.25, 0.3) is 0 Å². The minimum Gasteiger partial charge on any atom is -0.504 e. The molecule has 118 valence electrons. The molecule has 1 amide bonds. The number of aromatic hydroxyl groups is 1. The molecule has 0 aromatic carbocycles. The van der Waals surface area contributed by atoms with Gasteiger partial charge in [0.05, 0.1) is 18.0 Å². The quantitative estimate of drug-likeness (QED) is 0.865. The first kappa shape index (κ1) is 16.0. The van der Waals surface area contributed by atoms with Crippen LogP contribution >= 0.6 is 0 Å². The van der Waals surface area contributed by atoms with Gasteiger partial charge in [0.25, 0.3) is 0 Å². The zero-order valence-electron chi connectivity index (χ0n) is 11.6. The van der Waals surface area contributed by atoms with Crippen LogP contribution in [-0.2, 0) is 11.0 Å². The van der Waals surface area contributed by atoms with Crippen LogP contribution in [0.1, 0.15) is 12.1 Å². The lowest BCUT2D eigenvalue weighted by atomic mass is 10.1. The maximum absolute atomic E-state index is 12.6. The summed E-state index contributed by atoms with van der Waals surface area (Å²) in [5.41, 5.74) is -1.21. The molecule has 22 heavy (non-hydrogen) atoms. The molecule has 1 aromatic heterocycles. The van der Waals surface area contributed by atoms with Gasteiger partial charge in [-0.2, -0.15) is 18.4 Å². The third kappa shape index (κ3) is 3.28. The first-order valence-electron chi connectivity index (χ1n) is 6.40. The SMILES string of the molecule is CN1CC(C(=O)Nc2nc(C(F)(F)F)ccc2O)CC1C#N. The highest BCUT2D eigenvalue weighted by Crippen LogP contribution is 2.32. The van der Waals surface area contributed by atoms with Crippen molar-refractivity contribution in [2.75, 3.05) is 18.9 Å². The van der Waals surface area contributed by atoms with Crippen molar-refractivity contribution >= 4 is 11.7 Å². The van der Waals surface area contributed by atoms with Gasteiger partial charge in [-0.25, -0.2) is 4.98 Å². The summed E-state index contributed by atoms with van der Waals surface area (Å²) in [6, 6.07) is 3.07. The number of alkyl halides is 3. The Balaban J connectivity index is 2.14. The molecule has 2 atom stereocenters. The number of likely N-dealkylation sites (tertiary alicyclic amines) is 1. The van der Waals surface area contributed by atoms with Crippen molar-refractivity contribution in [2.45, 2.75) is 18.6 Å². The van der Waals surface area contributed by atoms with Gasteiger partial charge in [0.15, 0.2) is 11.6 Å². The number of nitriles is 1. The molecule has 0 radical (unpaired) electrons. The second-order valence-electron chi connectivity index (χ2n) is 5.07. The van der Waals surface area contributed by atoms with Crippen LogP contribution in [-0.4, -0.2) is 40.5 Å². The first-order valence-corrected chi connectivity index (χ1v) is 6.40. The van der Waals surface area contributed by atoms with E-state index in [1.165, 1.54) is 0 Å². The summed E-state index contributed by atoms with van der Waals surface area (Å²) in [6.07, 6.45) is -4.40. The number of rotatable bonds is 2. The Hall–Kier alpha value is -2.34. The number of hydrogen-bond acceptors (Lipinski definition) is 5. The van der Waals surface area contributed by atoms with Crippen LogP contribution in [0.2, 0.25) is 0 Å². The van der Waals surface area contributed by atoms with Crippen molar-refractivity contribution in [3.8, 4) is 11.8 Å². The van der Waals surface area contributed by atoms with E-state index < -0.39 is 41.3 Å². The van der Waals surface area contributed by atoms with Crippen molar-refractivity contribution in [1.82, 2.24) is 9.88 Å². The van der Waals surface area contributed by atoms with Gasteiger partial charge in [0.2, 0.25) is 5.91 Å². The molecule has 2 unspecified atom stereocenters. The largest absolute Gasteiger partial charge is 0.504 e. The predicted molar refractivity (Wildman–Crippen MR) is 69.7 cm³/mol. The molecule has 6 nitrogen and oxygen atoms in total. The van der Waals surface area contributed by atoms with Gasteiger partial charge < -0.3 is 10.4 Å². The molecular formula is C13H13F3N4O2. The fourth-order valence-corrected chi connectivity index (χ4v) is 2.26. The Morgan fingerprint density at radius 3 is 2.77 bits per heavy atom. The minimum atomic E-state index is -4.67. The highest BCUT2D eigenvalue weighted by atomic mass is 19.4. The van der Waals surface area contributed by atoms with Crippen LogP contribution in [0.3, 0.4) is 0 Å². The van der Waals surface area contributed by atoms with Crippen molar-refractivity contribution in [3.05, 3.63) is 17.8 Å². The lowest BCUT2D eigenvalue weighted by Gasteiger charge is -2.13. The number of nitrogens with one attached hydrogen (secondary N) is 1. The fraction of sp³-hybridized carbons (Fsp3) is 0.462. The third-order valence-electron chi connectivity index (χ3n) is 3.47. The number of halogens is 3. The van der Waals surface area contributed by atoms with E-state index in [-0.39, 0.29) is 6.42 Å². The maximum atomic E-state index is 12.6. The lowest BCUT2D eigenvalue weighted by Crippen LogP contribution is -2.26. The topological polar surface area (TPSA) is 89.2 Å². The Bertz CT molecular complexity index is 627. The second-order valence-corrected chi connectivity index (χ2v) is 5.07. The molecule has 1 saturated heterocycles. The van der Waals surface area contributed by atoms with E-state index in [4.69, 9.17) is 5.26 Å². The number of carbonyl (C=O) groups excluding carboxylic acids is 1. The highest BCUT2D eigenvalue weighted by Gasteiger charge is 2.36. The monoisotopic (exact) mass is 314 g/mol. The molecule has 1 aromatic rings. The van der Waals surface area contributed by atoms with Crippen molar-refractivity contribution in [2.24, 2.45) is 5.92 Å². The summed E-state index contributed by atoms with van der Waals surface area (Å²) in [5.74, 6) is -2.22. The molecule has 1 aliphatic heterocycles. The smallest absolute Gasteiger partial charge is 0.433 e. The molecule has 2 rings (SSSR count). The first-order chi connectivity index (χ1) is 10.2. The zero-order valence-corrected chi connectivity index (χ0v) is 11.6. The van der Waals surface area contributed by atoms with Crippen LogP contribution in [0.5, 0.6) is 5.75 Å². The molecule has 0 bridgehead atoms. The minimum absolute atomic E-state index is 0.276. The van der Waals surface area contributed by atoms with Crippen molar-refractivity contribution < 1.29 is 23.1 Å². The second kappa shape index (κ2) is 5.81. The Labute approximate surface area is 124 Å². The summed E-state index contributed by atoms with van der Waals surface area (Å²) in [7, 11) is 1.68. The molecular weight excluding hydrogens is 301 g/mol. The number of amides is 1. The van der Waals surface area contributed by atoms with Crippen LogP contribution in [0.4, 0.5) is 19.0 Å². The highest BCUT2D eigenvalue weighted by molar-refractivity contribution is 5.93. The zero-order chi connectivity index (χ0) is 16.5. The van der Waals surface area contributed by atoms with Gasteiger partial charge in [-0.3, -0.25) is 9.69 Å². The number of pyridine rings is 1. The van der Waals surface area contributed by atoms with Gasteiger partial charge in [-0.15, -0.1) is 0 Å². The van der Waals surface area contributed by atoms with Gasteiger partial charge in [-0.1, -0.05) is 0 Å². The summed E-state index contributed by atoms with van der Waals surface area (Å²) in [4.78, 5) is 17.0. The normalized spacial score (nSPS) is 22.3. The van der Waals surface area contributed by atoms with E-state index in [0.717, 1.165) is 6.07 Å². The fourth-order valence-electron chi connectivity index (χ4n) is 2.26. The number of nitrogens with zero attached hydrogens (tertiary/aromatic N) is 3. The molecule has 1 fully saturated rings. The predicted octanol–water partition coefficient (Wildman–Crippen LogP) is 1.59. The number of hydrogen-bond donors (Lipinski definition) is 2. The summed E-state index contributed by atoms with van der Waals surface area (Å²) in [5, 5.41) is 20.6. The number of aromatic nitrogens is 1. The standard InChI is InChI=1S/C13H13F3N4O2/c1-20-6-7(4-8(20)5-17)12(22)19-11-9(21)2-3-10(18-11)13(14,15)16/h2-3,7-8,21H,4,6H2,1H3,(H,18,19,22). The van der Waals surface area contributed by atoms with E-state index in [0.29, 0.717) is 12.6 Å². The van der Waals surface area contributed by atoms with E-state index in [1.807, 2.05) is 6.07 Å².